The van der Waals surface area contributed by atoms with Crippen molar-refractivity contribution in [2.24, 2.45) is 0 Å². The third-order valence-electron chi connectivity index (χ3n) is 4.45. The van der Waals surface area contributed by atoms with E-state index in [9.17, 15) is 15.4 Å². The lowest BCUT2D eigenvalue weighted by Crippen LogP contribution is -2.02. The van der Waals surface area contributed by atoms with Gasteiger partial charge in [0.1, 0.15) is 6.61 Å². The SMILES string of the molecule is CCOc1cc(/C=C(/C#N)c2ccc(Cl)cc2)cc(I)c1OCc1ccc([N+](=O)[O-])cc1. The van der Waals surface area contributed by atoms with Crippen molar-refractivity contribution in [3.63, 3.8) is 0 Å². The second-order valence-corrected chi connectivity index (χ2v) is 8.25. The van der Waals surface area contributed by atoms with Crippen LogP contribution in [0.1, 0.15) is 23.6 Å². The van der Waals surface area contributed by atoms with E-state index >= 15 is 0 Å². The summed E-state index contributed by atoms with van der Waals surface area (Å²) >= 11 is 8.11. The lowest BCUT2D eigenvalue weighted by atomic mass is 10.0. The maximum absolute atomic E-state index is 10.8. The fourth-order valence-corrected chi connectivity index (χ4v) is 3.83. The van der Waals surface area contributed by atoms with E-state index in [4.69, 9.17) is 21.1 Å². The topological polar surface area (TPSA) is 85.4 Å². The third-order valence-corrected chi connectivity index (χ3v) is 5.50. The van der Waals surface area contributed by atoms with Gasteiger partial charge < -0.3 is 9.47 Å². The quantitative estimate of drug-likeness (QED) is 0.0984. The molecule has 0 saturated carbocycles. The van der Waals surface area contributed by atoms with Crippen molar-refractivity contribution in [1.82, 2.24) is 0 Å². The number of halogens is 2. The van der Waals surface area contributed by atoms with E-state index in [-0.39, 0.29) is 12.3 Å². The van der Waals surface area contributed by atoms with Gasteiger partial charge in [-0.1, -0.05) is 23.7 Å². The van der Waals surface area contributed by atoms with E-state index in [1.165, 1.54) is 12.1 Å². The molecule has 0 atom stereocenters. The molecule has 0 spiro atoms. The fraction of sp³-hybridized carbons (Fsp3) is 0.125. The molecule has 0 aromatic heterocycles. The van der Waals surface area contributed by atoms with E-state index < -0.39 is 4.92 Å². The van der Waals surface area contributed by atoms with E-state index in [0.29, 0.717) is 28.7 Å². The van der Waals surface area contributed by atoms with Gasteiger partial charge in [0.15, 0.2) is 11.5 Å². The molecule has 0 radical (unpaired) electrons. The Labute approximate surface area is 204 Å². The maximum Gasteiger partial charge on any atom is 0.269 e. The minimum atomic E-state index is -0.438. The Hall–Kier alpha value is -3.09. The summed E-state index contributed by atoms with van der Waals surface area (Å²) in [6.07, 6.45) is 1.79. The number of hydrogen-bond donors (Lipinski definition) is 0. The fourth-order valence-electron chi connectivity index (χ4n) is 2.92. The summed E-state index contributed by atoms with van der Waals surface area (Å²) in [4.78, 5) is 10.4. The number of nitrogens with zero attached hydrogens (tertiary/aromatic N) is 2. The summed E-state index contributed by atoms with van der Waals surface area (Å²) in [5.41, 5.74) is 2.89. The first-order valence-corrected chi connectivity index (χ1v) is 11.1. The summed E-state index contributed by atoms with van der Waals surface area (Å²) in [7, 11) is 0. The van der Waals surface area contributed by atoms with Crippen molar-refractivity contribution in [1.29, 1.82) is 5.26 Å². The first kappa shape index (κ1) is 23.6. The number of hydrogen-bond acceptors (Lipinski definition) is 5. The van der Waals surface area contributed by atoms with Crippen LogP contribution in [-0.4, -0.2) is 11.5 Å². The van der Waals surface area contributed by atoms with Crippen molar-refractivity contribution < 1.29 is 14.4 Å². The minimum absolute atomic E-state index is 0.0310. The van der Waals surface area contributed by atoms with Crippen molar-refractivity contribution >= 4 is 51.5 Å². The lowest BCUT2D eigenvalue weighted by molar-refractivity contribution is -0.384. The predicted molar refractivity (Wildman–Crippen MR) is 133 cm³/mol. The Kier molecular flexibility index (Phi) is 8.09. The average Bonchev–Trinajstić information content (AvgIpc) is 2.78. The molecule has 0 amide bonds. The number of nitro groups is 1. The van der Waals surface area contributed by atoms with Crippen LogP contribution in [0.3, 0.4) is 0 Å². The number of benzene rings is 3. The monoisotopic (exact) mass is 560 g/mol. The summed E-state index contributed by atoms with van der Waals surface area (Å²) < 4.78 is 12.6. The summed E-state index contributed by atoms with van der Waals surface area (Å²) in [5, 5.41) is 21.0. The molecule has 3 rings (SSSR count). The number of nitriles is 1. The van der Waals surface area contributed by atoms with Crippen LogP contribution >= 0.6 is 34.2 Å². The second-order valence-electron chi connectivity index (χ2n) is 6.65. The third kappa shape index (κ3) is 5.99. The molecule has 162 valence electrons. The zero-order valence-electron chi connectivity index (χ0n) is 17.0. The minimum Gasteiger partial charge on any atom is -0.490 e. The zero-order valence-corrected chi connectivity index (χ0v) is 20.0. The molecule has 0 unspecified atom stereocenters. The molecule has 0 aliphatic heterocycles. The smallest absolute Gasteiger partial charge is 0.269 e. The van der Waals surface area contributed by atoms with Crippen molar-refractivity contribution in [2.75, 3.05) is 6.61 Å². The Morgan fingerprint density at radius 3 is 2.44 bits per heavy atom. The number of ether oxygens (including phenoxy) is 2. The predicted octanol–water partition coefficient (Wildman–Crippen LogP) is 6.89. The Balaban J connectivity index is 1.87. The van der Waals surface area contributed by atoms with Crippen LogP contribution in [0.4, 0.5) is 5.69 Å². The maximum atomic E-state index is 10.8. The molecule has 0 saturated heterocycles. The molecule has 0 fully saturated rings. The highest BCUT2D eigenvalue weighted by molar-refractivity contribution is 14.1. The van der Waals surface area contributed by atoms with Gasteiger partial charge >= 0.3 is 0 Å². The molecule has 0 heterocycles. The molecular weight excluding hydrogens is 543 g/mol. The van der Waals surface area contributed by atoms with Gasteiger partial charge in [-0.25, -0.2) is 0 Å². The number of allylic oxidation sites excluding steroid dienone is 1. The summed E-state index contributed by atoms with van der Waals surface area (Å²) in [6.45, 7) is 2.56. The van der Waals surface area contributed by atoms with Gasteiger partial charge in [0.05, 0.1) is 26.7 Å². The Morgan fingerprint density at radius 1 is 1.16 bits per heavy atom. The second kappa shape index (κ2) is 11.0. The van der Waals surface area contributed by atoms with Crippen LogP contribution in [0, 0.1) is 25.0 Å². The molecule has 8 heteroatoms. The molecule has 0 bridgehead atoms. The van der Waals surface area contributed by atoms with Crippen LogP contribution in [0.25, 0.3) is 11.6 Å². The van der Waals surface area contributed by atoms with Gasteiger partial charge in [0.25, 0.3) is 5.69 Å². The van der Waals surface area contributed by atoms with Crippen molar-refractivity contribution in [2.45, 2.75) is 13.5 Å². The first-order valence-electron chi connectivity index (χ1n) is 9.61. The van der Waals surface area contributed by atoms with Crippen molar-refractivity contribution in [3.05, 3.63) is 96.1 Å². The highest BCUT2D eigenvalue weighted by atomic mass is 127. The average molecular weight is 561 g/mol. The van der Waals surface area contributed by atoms with Gasteiger partial charge in [-0.15, -0.1) is 0 Å². The molecule has 3 aromatic carbocycles. The highest BCUT2D eigenvalue weighted by Crippen LogP contribution is 2.36. The number of non-ortho nitro benzene ring substituents is 1. The van der Waals surface area contributed by atoms with E-state index in [0.717, 1.165) is 20.3 Å². The van der Waals surface area contributed by atoms with Crippen LogP contribution in [-0.2, 0) is 6.61 Å². The molecule has 3 aromatic rings. The molecular formula is C24H18ClIN2O4. The normalized spacial score (nSPS) is 11.0. The zero-order chi connectivity index (χ0) is 23.1. The highest BCUT2D eigenvalue weighted by Gasteiger charge is 2.13. The number of nitro benzene ring substituents is 1. The number of rotatable bonds is 8. The first-order chi connectivity index (χ1) is 15.4. The molecule has 0 aliphatic carbocycles. The lowest BCUT2D eigenvalue weighted by Gasteiger charge is -2.15. The van der Waals surface area contributed by atoms with Crippen LogP contribution in [0.15, 0.2) is 60.7 Å². The van der Waals surface area contributed by atoms with Gasteiger partial charge in [-0.3, -0.25) is 10.1 Å². The van der Waals surface area contributed by atoms with Gasteiger partial charge in [0.2, 0.25) is 0 Å². The standard InChI is InChI=1S/C24H18ClIN2O4/c1-2-31-23-13-17(11-19(14-27)18-5-7-20(25)8-6-18)12-22(26)24(23)32-15-16-3-9-21(10-4-16)28(29)30/h3-13H,2,15H2,1H3/b19-11-. The molecule has 0 aliphatic rings. The van der Waals surface area contributed by atoms with Gasteiger partial charge in [0, 0.05) is 17.2 Å². The van der Waals surface area contributed by atoms with E-state index in [1.807, 2.05) is 19.1 Å². The molecule has 6 nitrogen and oxygen atoms in total. The van der Waals surface area contributed by atoms with E-state index in [1.54, 1.807) is 42.5 Å². The molecule has 32 heavy (non-hydrogen) atoms. The van der Waals surface area contributed by atoms with Gasteiger partial charge in [-0.05, 0) is 88.7 Å². The molecule has 0 N–H and O–H groups in total. The van der Waals surface area contributed by atoms with Gasteiger partial charge in [-0.2, -0.15) is 5.26 Å². The van der Waals surface area contributed by atoms with Crippen LogP contribution in [0.2, 0.25) is 5.02 Å². The van der Waals surface area contributed by atoms with Crippen molar-refractivity contribution in [3.8, 4) is 17.6 Å². The van der Waals surface area contributed by atoms with Crippen LogP contribution in [0.5, 0.6) is 11.5 Å². The Morgan fingerprint density at radius 2 is 1.84 bits per heavy atom. The Bertz CT molecular complexity index is 1190. The summed E-state index contributed by atoms with van der Waals surface area (Å²) in [6, 6.07) is 19.2. The largest absolute Gasteiger partial charge is 0.490 e. The summed E-state index contributed by atoms with van der Waals surface area (Å²) in [5.74, 6) is 1.13. The van der Waals surface area contributed by atoms with E-state index in [2.05, 4.69) is 28.7 Å². The van der Waals surface area contributed by atoms with Crippen LogP contribution < -0.4 is 9.47 Å².